The van der Waals surface area contributed by atoms with Crippen molar-refractivity contribution in [2.75, 3.05) is 13.7 Å². The number of hydrogen-bond donors (Lipinski definition) is 1. The van der Waals surface area contributed by atoms with Crippen molar-refractivity contribution in [3.8, 4) is 5.75 Å². The molecule has 7 heteroatoms. The van der Waals surface area contributed by atoms with E-state index in [1.165, 1.54) is 29.2 Å². The lowest BCUT2D eigenvalue weighted by Crippen LogP contribution is -2.39. The zero-order valence-electron chi connectivity index (χ0n) is 18.6. The minimum absolute atomic E-state index is 0.00796. The summed E-state index contributed by atoms with van der Waals surface area (Å²) in [5.41, 5.74) is 4.86. The van der Waals surface area contributed by atoms with E-state index >= 15 is 0 Å². The van der Waals surface area contributed by atoms with E-state index in [4.69, 9.17) is 4.74 Å². The topological polar surface area (TPSA) is 88.5 Å². The van der Waals surface area contributed by atoms with Crippen LogP contribution in [0, 0.1) is 10.1 Å². The Balaban J connectivity index is 1.53. The number of nitrogens with one attached hydrogen (secondary N) is 1. The molecule has 1 unspecified atom stereocenters. The van der Waals surface area contributed by atoms with Gasteiger partial charge in [0.15, 0.2) is 0 Å². The number of ether oxygens (including phenoxy) is 1. The second-order valence-corrected chi connectivity index (χ2v) is 8.21. The van der Waals surface area contributed by atoms with Crippen LogP contribution in [0.5, 0.6) is 5.75 Å². The van der Waals surface area contributed by atoms with Gasteiger partial charge in [-0.3, -0.25) is 14.9 Å². The van der Waals surface area contributed by atoms with Crippen LogP contribution < -0.4 is 4.74 Å². The largest absolute Gasteiger partial charge is 0.497 e. The monoisotopic (exact) mass is 453 g/mol. The number of nitrogens with zero attached hydrogens (tertiary/aromatic N) is 2. The zero-order chi connectivity index (χ0) is 23.7. The third kappa shape index (κ3) is 3.92. The van der Waals surface area contributed by atoms with Gasteiger partial charge in [-0.05, 0) is 47.4 Å². The average molecular weight is 453 g/mol. The van der Waals surface area contributed by atoms with Crippen molar-refractivity contribution in [2.24, 2.45) is 0 Å². The Morgan fingerprint density at radius 1 is 1.12 bits per heavy atom. The number of benzene rings is 3. The molecule has 0 radical (unpaired) electrons. The van der Waals surface area contributed by atoms with Gasteiger partial charge in [0.05, 0.1) is 18.1 Å². The quantitative estimate of drug-likeness (QED) is 0.253. The summed E-state index contributed by atoms with van der Waals surface area (Å²) in [6.45, 7) is 0.559. The van der Waals surface area contributed by atoms with Crippen molar-refractivity contribution >= 4 is 28.6 Å². The molecule has 7 nitrogen and oxygen atoms in total. The number of aromatic amines is 1. The van der Waals surface area contributed by atoms with E-state index < -0.39 is 4.92 Å². The molecule has 1 aliphatic heterocycles. The van der Waals surface area contributed by atoms with E-state index in [-0.39, 0.29) is 17.6 Å². The first-order valence-electron chi connectivity index (χ1n) is 11.0. The molecule has 1 atom stereocenters. The second-order valence-electron chi connectivity index (χ2n) is 8.21. The number of aromatic nitrogens is 1. The van der Waals surface area contributed by atoms with Crippen LogP contribution in [0.25, 0.3) is 17.0 Å². The summed E-state index contributed by atoms with van der Waals surface area (Å²) in [4.78, 5) is 29.4. The van der Waals surface area contributed by atoms with Gasteiger partial charge in [0.25, 0.3) is 5.69 Å². The minimum atomic E-state index is -0.444. The Bertz CT molecular complexity index is 1410. The van der Waals surface area contributed by atoms with Crippen LogP contribution in [0.1, 0.15) is 28.4 Å². The molecule has 0 fully saturated rings. The number of rotatable bonds is 5. The van der Waals surface area contributed by atoms with Crippen LogP contribution in [0.4, 0.5) is 5.69 Å². The molecule has 1 N–H and O–H groups in total. The van der Waals surface area contributed by atoms with E-state index in [0.717, 1.165) is 28.9 Å². The number of nitro benzene ring substituents is 1. The maximum Gasteiger partial charge on any atom is 0.270 e. The Morgan fingerprint density at radius 3 is 2.68 bits per heavy atom. The molecule has 4 aromatic rings. The zero-order valence-corrected chi connectivity index (χ0v) is 18.6. The van der Waals surface area contributed by atoms with Gasteiger partial charge >= 0.3 is 0 Å². The molecule has 0 aliphatic carbocycles. The van der Waals surface area contributed by atoms with E-state index in [1.54, 1.807) is 25.3 Å². The summed E-state index contributed by atoms with van der Waals surface area (Å²) in [6.07, 6.45) is 3.85. The molecule has 2 heterocycles. The SMILES string of the molecule is COc1ccc(C2c3[nH]c4ccccc4c3CCN2C(=O)/C=C/c2cccc([N+](=O)[O-])c2)cc1. The summed E-state index contributed by atoms with van der Waals surface area (Å²) in [7, 11) is 1.62. The Kier molecular flexibility index (Phi) is 5.59. The lowest BCUT2D eigenvalue weighted by Gasteiger charge is -2.35. The van der Waals surface area contributed by atoms with Crippen LogP contribution in [0.3, 0.4) is 0 Å². The number of carbonyl (C=O) groups excluding carboxylic acids is 1. The molecule has 5 rings (SSSR count). The van der Waals surface area contributed by atoms with E-state index in [1.807, 2.05) is 47.4 Å². The number of para-hydroxylation sites is 1. The second kappa shape index (κ2) is 8.86. The van der Waals surface area contributed by atoms with Crippen molar-refractivity contribution < 1.29 is 14.5 Å². The van der Waals surface area contributed by atoms with Gasteiger partial charge < -0.3 is 14.6 Å². The number of H-pyrrole nitrogens is 1. The normalized spacial score (nSPS) is 15.4. The van der Waals surface area contributed by atoms with E-state index in [0.29, 0.717) is 12.1 Å². The highest BCUT2D eigenvalue weighted by Crippen LogP contribution is 2.39. The molecule has 0 spiro atoms. The predicted molar refractivity (Wildman–Crippen MR) is 131 cm³/mol. The number of carbonyl (C=O) groups is 1. The third-order valence-electron chi connectivity index (χ3n) is 6.25. The van der Waals surface area contributed by atoms with E-state index in [2.05, 4.69) is 11.1 Å². The summed E-state index contributed by atoms with van der Waals surface area (Å²) < 4.78 is 5.31. The highest BCUT2D eigenvalue weighted by molar-refractivity contribution is 5.93. The van der Waals surface area contributed by atoms with Gasteiger partial charge in [0.2, 0.25) is 5.91 Å². The molecule has 1 aliphatic rings. The summed E-state index contributed by atoms with van der Waals surface area (Å²) in [6, 6.07) is 21.9. The highest BCUT2D eigenvalue weighted by atomic mass is 16.6. The number of fused-ring (bicyclic) bond motifs is 3. The van der Waals surface area contributed by atoms with Gasteiger partial charge in [-0.15, -0.1) is 0 Å². The summed E-state index contributed by atoms with van der Waals surface area (Å²) in [5, 5.41) is 12.2. The number of methoxy groups -OCH3 is 1. The predicted octanol–water partition coefficient (Wildman–Crippen LogP) is 5.27. The molecule has 34 heavy (non-hydrogen) atoms. The first-order valence-corrected chi connectivity index (χ1v) is 11.0. The molecular formula is C27H23N3O4. The lowest BCUT2D eigenvalue weighted by molar-refractivity contribution is -0.384. The van der Waals surface area contributed by atoms with Crippen molar-refractivity contribution in [3.05, 3.63) is 111 Å². The van der Waals surface area contributed by atoms with Gasteiger partial charge in [-0.2, -0.15) is 0 Å². The van der Waals surface area contributed by atoms with E-state index in [9.17, 15) is 14.9 Å². The van der Waals surface area contributed by atoms with Crippen LogP contribution in [0.2, 0.25) is 0 Å². The number of amides is 1. The smallest absolute Gasteiger partial charge is 0.270 e. The fourth-order valence-corrected chi connectivity index (χ4v) is 4.62. The standard InChI is InChI=1S/C27H23N3O4/c1-34-21-12-10-19(11-13-21)27-26-23(22-7-2-3-8-24(22)28-26)15-16-29(27)25(31)14-9-18-5-4-6-20(17-18)30(32)33/h2-14,17,27-28H,15-16H2,1H3/b14-9+. The fourth-order valence-electron chi connectivity index (χ4n) is 4.62. The summed E-state index contributed by atoms with van der Waals surface area (Å²) in [5.74, 6) is 0.594. The van der Waals surface area contributed by atoms with Crippen LogP contribution in [-0.2, 0) is 11.2 Å². The van der Waals surface area contributed by atoms with Crippen molar-refractivity contribution in [2.45, 2.75) is 12.5 Å². The molecule has 0 bridgehead atoms. The van der Waals surface area contributed by atoms with Crippen molar-refractivity contribution in [3.63, 3.8) is 0 Å². The Morgan fingerprint density at radius 2 is 1.91 bits per heavy atom. The number of nitro groups is 1. The summed E-state index contributed by atoms with van der Waals surface area (Å²) >= 11 is 0. The maximum atomic E-state index is 13.4. The molecule has 170 valence electrons. The average Bonchev–Trinajstić information content (AvgIpc) is 3.25. The molecule has 0 saturated heterocycles. The molecule has 1 amide bonds. The van der Waals surface area contributed by atoms with Crippen molar-refractivity contribution in [1.82, 2.24) is 9.88 Å². The van der Waals surface area contributed by atoms with Crippen LogP contribution in [0.15, 0.2) is 78.9 Å². The van der Waals surface area contributed by atoms with Gasteiger partial charge in [0.1, 0.15) is 5.75 Å². The van der Waals surface area contributed by atoms with Crippen LogP contribution >= 0.6 is 0 Å². The van der Waals surface area contributed by atoms with Gasteiger partial charge in [0, 0.05) is 41.4 Å². The molecule has 1 aromatic heterocycles. The number of hydrogen-bond acceptors (Lipinski definition) is 4. The van der Waals surface area contributed by atoms with Gasteiger partial charge in [-0.25, -0.2) is 0 Å². The first-order chi connectivity index (χ1) is 16.5. The highest BCUT2D eigenvalue weighted by Gasteiger charge is 2.33. The Hall–Kier alpha value is -4.39. The number of non-ortho nitro benzene ring substituents is 1. The molecular weight excluding hydrogens is 430 g/mol. The van der Waals surface area contributed by atoms with Crippen molar-refractivity contribution in [1.29, 1.82) is 0 Å². The lowest BCUT2D eigenvalue weighted by atomic mass is 9.92. The van der Waals surface area contributed by atoms with Gasteiger partial charge in [-0.1, -0.05) is 42.5 Å². The molecule has 3 aromatic carbocycles. The third-order valence-corrected chi connectivity index (χ3v) is 6.25. The Labute approximate surface area is 196 Å². The maximum absolute atomic E-state index is 13.4. The molecule has 0 saturated carbocycles. The van der Waals surface area contributed by atoms with Crippen LogP contribution in [-0.4, -0.2) is 34.4 Å². The first kappa shape index (κ1) is 21.5. The fraction of sp³-hybridized carbons (Fsp3) is 0.148. The minimum Gasteiger partial charge on any atom is -0.497 e.